The molecule has 0 amide bonds. The molecule has 1 heterocycles. The largest absolute Gasteiger partial charge is 0.384 e. The molecule has 1 atom stereocenters. The Kier molecular flexibility index (Phi) is 5.32. The van der Waals surface area contributed by atoms with Gasteiger partial charge in [0.25, 0.3) is 0 Å². The summed E-state index contributed by atoms with van der Waals surface area (Å²) in [6.07, 6.45) is 0. The lowest BCUT2D eigenvalue weighted by Crippen LogP contribution is -2.30. The van der Waals surface area contributed by atoms with Crippen LogP contribution < -0.4 is 4.72 Å². The zero-order valence-electron chi connectivity index (χ0n) is 9.67. The van der Waals surface area contributed by atoms with Crippen molar-refractivity contribution in [2.45, 2.75) is 18.7 Å². The standard InChI is InChI=1S/C11H12N2O3S2/c1-9(7-12)18(15,16)13-8-11-5-4-10(17-11)3-2-6-14/h4-5,9,13-14H,6,8H2,1H3. The number of rotatable bonds is 4. The van der Waals surface area contributed by atoms with E-state index in [1.807, 2.05) is 0 Å². The molecule has 18 heavy (non-hydrogen) atoms. The number of aliphatic hydroxyl groups excluding tert-OH is 1. The highest BCUT2D eigenvalue weighted by Gasteiger charge is 2.19. The van der Waals surface area contributed by atoms with E-state index >= 15 is 0 Å². The zero-order chi connectivity index (χ0) is 13.6. The third-order valence-corrected chi connectivity index (χ3v) is 4.63. The lowest BCUT2D eigenvalue weighted by molar-refractivity contribution is 0.350. The predicted molar refractivity (Wildman–Crippen MR) is 69.1 cm³/mol. The van der Waals surface area contributed by atoms with Crippen LogP contribution in [0.1, 0.15) is 16.7 Å². The van der Waals surface area contributed by atoms with Crippen LogP contribution in [0.15, 0.2) is 12.1 Å². The van der Waals surface area contributed by atoms with Crippen LogP contribution in [-0.2, 0) is 16.6 Å². The Labute approximate surface area is 110 Å². The number of aliphatic hydroxyl groups is 1. The molecule has 5 nitrogen and oxygen atoms in total. The third kappa shape index (κ3) is 4.13. The average Bonchev–Trinajstić information content (AvgIpc) is 2.81. The SMILES string of the molecule is CC(C#N)S(=O)(=O)NCc1ccc(C#CCO)s1. The maximum atomic E-state index is 11.5. The Morgan fingerprint density at radius 3 is 2.89 bits per heavy atom. The molecule has 0 aliphatic heterocycles. The first-order valence-electron chi connectivity index (χ1n) is 5.06. The summed E-state index contributed by atoms with van der Waals surface area (Å²) in [4.78, 5) is 1.55. The summed E-state index contributed by atoms with van der Waals surface area (Å²) in [7, 11) is -3.60. The first-order valence-corrected chi connectivity index (χ1v) is 7.42. The summed E-state index contributed by atoms with van der Waals surface area (Å²) in [6, 6.07) is 5.19. The van der Waals surface area contributed by atoms with Crippen molar-refractivity contribution >= 4 is 21.4 Å². The second kappa shape index (κ2) is 6.53. The van der Waals surface area contributed by atoms with Crippen molar-refractivity contribution in [1.29, 1.82) is 5.26 Å². The van der Waals surface area contributed by atoms with E-state index in [1.54, 1.807) is 18.2 Å². The van der Waals surface area contributed by atoms with Gasteiger partial charge in [-0.05, 0) is 19.1 Å². The number of nitrogens with zero attached hydrogens (tertiary/aromatic N) is 1. The summed E-state index contributed by atoms with van der Waals surface area (Å²) >= 11 is 1.34. The molecule has 96 valence electrons. The molecule has 0 aromatic carbocycles. The monoisotopic (exact) mass is 284 g/mol. The molecular formula is C11H12N2O3S2. The molecule has 1 aromatic rings. The van der Waals surface area contributed by atoms with Gasteiger partial charge in [-0.25, -0.2) is 13.1 Å². The Bertz CT molecular complexity index is 602. The van der Waals surface area contributed by atoms with E-state index < -0.39 is 15.3 Å². The van der Waals surface area contributed by atoms with Gasteiger partial charge in [-0.1, -0.05) is 11.8 Å². The van der Waals surface area contributed by atoms with Crippen LogP contribution in [0.4, 0.5) is 0 Å². The topological polar surface area (TPSA) is 90.2 Å². The Morgan fingerprint density at radius 2 is 2.28 bits per heavy atom. The van der Waals surface area contributed by atoms with Crippen LogP contribution in [0.3, 0.4) is 0 Å². The van der Waals surface area contributed by atoms with Gasteiger partial charge in [-0.15, -0.1) is 11.3 Å². The van der Waals surface area contributed by atoms with Crippen molar-refractivity contribution in [2.75, 3.05) is 6.61 Å². The minimum Gasteiger partial charge on any atom is -0.384 e. The molecule has 0 spiro atoms. The van der Waals surface area contributed by atoms with Gasteiger partial charge >= 0.3 is 0 Å². The number of hydrogen-bond acceptors (Lipinski definition) is 5. The smallest absolute Gasteiger partial charge is 0.228 e. The van der Waals surface area contributed by atoms with Crippen molar-refractivity contribution in [3.63, 3.8) is 0 Å². The summed E-state index contributed by atoms with van der Waals surface area (Å²) < 4.78 is 25.4. The average molecular weight is 284 g/mol. The number of nitriles is 1. The van der Waals surface area contributed by atoms with Gasteiger partial charge in [0.05, 0.1) is 10.9 Å². The molecule has 0 aliphatic carbocycles. The molecule has 0 radical (unpaired) electrons. The summed E-state index contributed by atoms with van der Waals surface area (Å²) in [6.45, 7) is 1.26. The van der Waals surface area contributed by atoms with E-state index in [-0.39, 0.29) is 13.2 Å². The maximum Gasteiger partial charge on any atom is 0.228 e. The Balaban J connectivity index is 2.65. The maximum absolute atomic E-state index is 11.5. The third-order valence-electron chi connectivity index (χ3n) is 2.05. The minimum atomic E-state index is -3.60. The van der Waals surface area contributed by atoms with Gasteiger partial charge in [0.1, 0.15) is 6.61 Å². The first kappa shape index (κ1) is 14.7. The zero-order valence-corrected chi connectivity index (χ0v) is 11.3. The fourth-order valence-electron chi connectivity index (χ4n) is 1.03. The van der Waals surface area contributed by atoms with Gasteiger partial charge in [0, 0.05) is 11.4 Å². The molecule has 1 rings (SSSR count). The quantitative estimate of drug-likeness (QED) is 0.784. The van der Waals surface area contributed by atoms with E-state index in [0.29, 0.717) is 0 Å². The van der Waals surface area contributed by atoms with Crippen LogP contribution >= 0.6 is 11.3 Å². The van der Waals surface area contributed by atoms with Gasteiger partial charge in [0.15, 0.2) is 5.25 Å². The van der Waals surface area contributed by atoms with Crippen molar-refractivity contribution in [1.82, 2.24) is 4.72 Å². The van der Waals surface area contributed by atoms with Crippen molar-refractivity contribution in [3.05, 3.63) is 21.9 Å². The molecule has 7 heteroatoms. The first-order chi connectivity index (χ1) is 8.49. The summed E-state index contributed by atoms with van der Waals surface area (Å²) in [5.74, 6) is 5.25. The number of nitrogens with one attached hydrogen (secondary N) is 1. The fourth-order valence-corrected chi connectivity index (χ4v) is 2.69. The summed E-state index contributed by atoms with van der Waals surface area (Å²) in [5.41, 5.74) is 0. The molecule has 0 saturated heterocycles. The number of thiophene rings is 1. The molecule has 2 N–H and O–H groups in total. The predicted octanol–water partition coefficient (Wildman–Crippen LogP) is 0.423. The van der Waals surface area contributed by atoms with Crippen LogP contribution in [0, 0.1) is 23.2 Å². The van der Waals surface area contributed by atoms with Crippen LogP contribution in [0.5, 0.6) is 0 Å². The lowest BCUT2D eigenvalue weighted by atomic mass is 10.4. The number of sulfonamides is 1. The Morgan fingerprint density at radius 1 is 1.56 bits per heavy atom. The molecule has 0 saturated carbocycles. The molecule has 1 unspecified atom stereocenters. The van der Waals surface area contributed by atoms with E-state index in [0.717, 1.165) is 9.75 Å². The molecule has 0 aliphatic rings. The highest BCUT2D eigenvalue weighted by molar-refractivity contribution is 7.90. The van der Waals surface area contributed by atoms with E-state index in [2.05, 4.69) is 16.6 Å². The van der Waals surface area contributed by atoms with Crippen LogP contribution in [0.25, 0.3) is 0 Å². The second-order valence-corrected chi connectivity index (χ2v) is 6.62. The van der Waals surface area contributed by atoms with Crippen molar-refractivity contribution in [2.24, 2.45) is 0 Å². The second-order valence-electron chi connectivity index (χ2n) is 3.36. The molecule has 0 bridgehead atoms. The highest BCUT2D eigenvalue weighted by Crippen LogP contribution is 2.15. The van der Waals surface area contributed by atoms with Gasteiger partial charge in [0.2, 0.25) is 10.0 Å². The fraction of sp³-hybridized carbons (Fsp3) is 0.364. The van der Waals surface area contributed by atoms with E-state index in [1.165, 1.54) is 18.3 Å². The van der Waals surface area contributed by atoms with Crippen LogP contribution in [-0.4, -0.2) is 25.4 Å². The van der Waals surface area contributed by atoms with Gasteiger partial charge < -0.3 is 5.11 Å². The minimum absolute atomic E-state index is 0.139. The summed E-state index contributed by atoms with van der Waals surface area (Å²) in [5, 5.41) is 16.0. The van der Waals surface area contributed by atoms with Crippen molar-refractivity contribution in [3.8, 4) is 17.9 Å². The van der Waals surface area contributed by atoms with Crippen LogP contribution in [0.2, 0.25) is 0 Å². The van der Waals surface area contributed by atoms with E-state index in [9.17, 15) is 8.42 Å². The normalized spacial score (nSPS) is 12.3. The van der Waals surface area contributed by atoms with Gasteiger partial charge in [-0.3, -0.25) is 0 Å². The Hall–Kier alpha value is -1.38. The van der Waals surface area contributed by atoms with Crippen molar-refractivity contribution < 1.29 is 13.5 Å². The molecular weight excluding hydrogens is 272 g/mol. The lowest BCUT2D eigenvalue weighted by Gasteiger charge is -2.05. The molecule has 1 aromatic heterocycles. The van der Waals surface area contributed by atoms with Gasteiger partial charge in [-0.2, -0.15) is 5.26 Å². The van der Waals surface area contributed by atoms with E-state index in [4.69, 9.17) is 10.4 Å². The molecule has 0 fully saturated rings. The highest BCUT2D eigenvalue weighted by atomic mass is 32.2. The number of hydrogen-bond donors (Lipinski definition) is 2.